The maximum Gasteiger partial charge on any atom is 0.412 e. The van der Waals surface area contributed by atoms with E-state index in [1.807, 2.05) is 78.9 Å². The van der Waals surface area contributed by atoms with Gasteiger partial charge in [-0.3, -0.25) is 10.1 Å². The number of amides is 1. The summed E-state index contributed by atoms with van der Waals surface area (Å²) in [6, 6.07) is 25.9. The standard InChI is InChI=1S/C29H24FNO4S/c1-18(19-5-3-2-4-6-19)35-28(34)31-24-17-25(30)36-26(24)22-9-7-20(8-10-22)21-11-13-23(14-12-21)29(15-16-29)27(32)33/h2-14,17-18H,15-16H2,1H3,(H,31,34)(H,32,33). The minimum atomic E-state index is -0.773. The number of halogens is 1. The van der Waals surface area contributed by atoms with E-state index in [1.165, 1.54) is 6.07 Å². The molecule has 36 heavy (non-hydrogen) atoms. The van der Waals surface area contributed by atoms with Gasteiger partial charge in [-0.1, -0.05) is 78.9 Å². The van der Waals surface area contributed by atoms with Crippen molar-refractivity contribution < 1.29 is 23.8 Å². The molecule has 1 aromatic heterocycles. The Morgan fingerprint density at radius 3 is 2.11 bits per heavy atom. The third-order valence-electron chi connectivity index (χ3n) is 6.57. The molecule has 1 unspecified atom stereocenters. The van der Waals surface area contributed by atoms with Crippen LogP contribution in [0.15, 0.2) is 84.9 Å². The van der Waals surface area contributed by atoms with Crippen molar-refractivity contribution in [2.45, 2.75) is 31.3 Å². The van der Waals surface area contributed by atoms with Crippen LogP contribution < -0.4 is 5.32 Å². The number of carboxylic acids is 1. The predicted octanol–water partition coefficient (Wildman–Crippen LogP) is 7.65. The Morgan fingerprint density at radius 1 is 0.944 bits per heavy atom. The summed E-state index contributed by atoms with van der Waals surface area (Å²) in [5, 5.41) is 11.8. The number of carbonyl (C=O) groups is 2. The molecular formula is C29H24FNO4S. The highest BCUT2D eigenvalue weighted by Crippen LogP contribution is 2.48. The fourth-order valence-corrected chi connectivity index (χ4v) is 5.15. The average molecular weight is 502 g/mol. The number of aliphatic carboxylic acids is 1. The van der Waals surface area contributed by atoms with E-state index in [9.17, 15) is 19.1 Å². The van der Waals surface area contributed by atoms with Gasteiger partial charge in [-0.05, 0) is 47.6 Å². The Kier molecular flexibility index (Phi) is 6.33. The molecule has 2 N–H and O–H groups in total. The fourth-order valence-electron chi connectivity index (χ4n) is 4.31. The van der Waals surface area contributed by atoms with E-state index in [2.05, 4.69) is 5.32 Å². The SMILES string of the molecule is CC(OC(=O)Nc1cc(F)sc1-c1ccc(-c2ccc(C3(C(=O)O)CC3)cc2)cc1)c1ccccc1. The summed E-state index contributed by atoms with van der Waals surface area (Å²) in [6.45, 7) is 1.78. The van der Waals surface area contributed by atoms with E-state index < -0.39 is 28.7 Å². The van der Waals surface area contributed by atoms with E-state index in [0.29, 0.717) is 23.4 Å². The van der Waals surface area contributed by atoms with Gasteiger partial charge in [0.25, 0.3) is 0 Å². The predicted molar refractivity (Wildman–Crippen MR) is 139 cm³/mol. The Bertz CT molecular complexity index is 1390. The third-order valence-corrected chi connectivity index (χ3v) is 7.54. The summed E-state index contributed by atoms with van der Waals surface area (Å²) >= 11 is 0.948. The summed E-state index contributed by atoms with van der Waals surface area (Å²) in [6.07, 6.45) is 0.233. The van der Waals surface area contributed by atoms with Crippen LogP contribution in [-0.4, -0.2) is 17.2 Å². The Morgan fingerprint density at radius 2 is 1.53 bits per heavy atom. The van der Waals surface area contributed by atoms with Crippen molar-refractivity contribution >= 4 is 29.1 Å². The summed E-state index contributed by atoms with van der Waals surface area (Å²) in [4.78, 5) is 24.6. The van der Waals surface area contributed by atoms with E-state index >= 15 is 0 Å². The lowest BCUT2D eigenvalue weighted by molar-refractivity contribution is -0.140. The molecule has 5 rings (SSSR count). The number of anilines is 1. The molecule has 0 bridgehead atoms. The normalized spacial score (nSPS) is 14.6. The molecule has 1 fully saturated rings. The monoisotopic (exact) mass is 501 g/mol. The van der Waals surface area contributed by atoms with Crippen LogP contribution in [0, 0.1) is 5.13 Å². The lowest BCUT2D eigenvalue weighted by Crippen LogP contribution is -2.19. The molecule has 1 aliphatic rings. The van der Waals surface area contributed by atoms with E-state index in [-0.39, 0.29) is 0 Å². The molecule has 3 aromatic carbocycles. The van der Waals surface area contributed by atoms with Gasteiger partial charge in [0.2, 0.25) is 0 Å². The molecular weight excluding hydrogens is 477 g/mol. The van der Waals surface area contributed by atoms with Gasteiger partial charge >= 0.3 is 12.1 Å². The zero-order valence-electron chi connectivity index (χ0n) is 19.5. The molecule has 1 heterocycles. The van der Waals surface area contributed by atoms with Crippen molar-refractivity contribution in [1.29, 1.82) is 0 Å². The first kappa shape index (κ1) is 23.8. The molecule has 0 saturated heterocycles. The molecule has 5 nitrogen and oxygen atoms in total. The smallest absolute Gasteiger partial charge is 0.412 e. The quantitative estimate of drug-likeness (QED) is 0.273. The zero-order chi connectivity index (χ0) is 25.3. The highest BCUT2D eigenvalue weighted by atomic mass is 32.1. The maximum atomic E-state index is 14.2. The lowest BCUT2D eigenvalue weighted by atomic mass is 9.93. The molecule has 1 aliphatic carbocycles. The second-order valence-electron chi connectivity index (χ2n) is 8.92. The summed E-state index contributed by atoms with van der Waals surface area (Å²) < 4.78 is 19.6. The van der Waals surface area contributed by atoms with Crippen molar-refractivity contribution in [2.75, 3.05) is 5.32 Å². The first-order valence-electron chi connectivity index (χ1n) is 11.6. The second-order valence-corrected chi connectivity index (χ2v) is 9.92. The summed E-state index contributed by atoms with van der Waals surface area (Å²) in [7, 11) is 0. The summed E-state index contributed by atoms with van der Waals surface area (Å²) in [5.74, 6) is -0.773. The largest absolute Gasteiger partial charge is 0.481 e. The molecule has 1 saturated carbocycles. The van der Waals surface area contributed by atoms with Crippen LogP contribution in [0.5, 0.6) is 0 Å². The van der Waals surface area contributed by atoms with Crippen LogP contribution in [0.25, 0.3) is 21.6 Å². The molecule has 0 aliphatic heterocycles. The van der Waals surface area contributed by atoms with Crippen LogP contribution in [0.3, 0.4) is 0 Å². The average Bonchev–Trinajstić information content (AvgIpc) is 3.63. The molecule has 1 atom stereocenters. The van der Waals surface area contributed by atoms with Crippen molar-refractivity contribution in [3.05, 3.63) is 101 Å². The van der Waals surface area contributed by atoms with E-state index in [1.54, 1.807) is 6.92 Å². The van der Waals surface area contributed by atoms with Crippen molar-refractivity contribution in [3.63, 3.8) is 0 Å². The zero-order valence-corrected chi connectivity index (χ0v) is 20.3. The number of hydrogen-bond acceptors (Lipinski definition) is 4. The minimum Gasteiger partial charge on any atom is -0.481 e. The molecule has 182 valence electrons. The fraction of sp³-hybridized carbons (Fsp3) is 0.172. The molecule has 4 aromatic rings. The first-order valence-corrected chi connectivity index (χ1v) is 12.4. The van der Waals surface area contributed by atoms with Gasteiger partial charge < -0.3 is 9.84 Å². The summed E-state index contributed by atoms with van der Waals surface area (Å²) in [5.41, 5.74) is 3.99. The minimum absolute atomic E-state index is 0.350. The number of hydrogen-bond donors (Lipinski definition) is 2. The van der Waals surface area contributed by atoms with Gasteiger partial charge in [-0.25, -0.2) is 4.79 Å². The first-order chi connectivity index (χ1) is 17.4. The number of carboxylic acid groups (broad SMARTS) is 1. The van der Waals surface area contributed by atoms with Gasteiger partial charge in [0, 0.05) is 6.07 Å². The lowest BCUT2D eigenvalue weighted by Gasteiger charge is -2.14. The molecule has 7 heteroatoms. The van der Waals surface area contributed by atoms with Crippen LogP contribution in [0.4, 0.5) is 14.9 Å². The topological polar surface area (TPSA) is 75.6 Å². The van der Waals surface area contributed by atoms with Gasteiger partial charge in [0.05, 0.1) is 16.0 Å². The number of benzene rings is 3. The van der Waals surface area contributed by atoms with Gasteiger partial charge in [-0.2, -0.15) is 4.39 Å². The van der Waals surface area contributed by atoms with Crippen LogP contribution in [0.1, 0.15) is 37.0 Å². The number of thiophene rings is 1. The number of nitrogens with one attached hydrogen (secondary N) is 1. The Balaban J connectivity index is 1.30. The molecule has 0 radical (unpaired) electrons. The van der Waals surface area contributed by atoms with Crippen LogP contribution in [0.2, 0.25) is 0 Å². The van der Waals surface area contributed by atoms with Gasteiger partial charge in [0.1, 0.15) is 6.10 Å². The second kappa shape index (κ2) is 9.59. The molecule has 0 spiro atoms. The van der Waals surface area contributed by atoms with Crippen molar-refractivity contribution in [3.8, 4) is 21.6 Å². The highest BCUT2D eigenvalue weighted by Gasteiger charge is 2.51. The van der Waals surface area contributed by atoms with Crippen LogP contribution >= 0.6 is 11.3 Å². The van der Waals surface area contributed by atoms with Gasteiger partial charge in [0.15, 0.2) is 5.13 Å². The molecule has 1 amide bonds. The highest BCUT2D eigenvalue weighted by molar-refractivity contribution is 7.14. The van der Waals surface area contributed by atoms with Crippen molar-refractivity contribution in [1.82, 2.24) is 0 Å². The Hall–Kier alpha value is -3.97. The number of ether oxygens (including phenoxy) is 1. The van der Waals surface area contributed by atoms with E-state index in [4.69, 9.17) is 4.74 Å². The van der Waals surface area contributed by atoms with Crippen molar-refractivity contribution in [2.24, 2.45) is 0 Å². The maximum absolute atomic E-state index is 14.2. The van der Waals surface area contributed by atoms with Crippen LogP contribution in [-0.2, 0) is 14.9 Å². The number of rotatable bonds is 7. The number of carbonyl (C=O) groups excluding carboxylic acids is 1. The van der Waals surface area contributed by atoms with Gasteiger partial charge in [-0.15, -0.1) is 11.3 Å². The third kappa shape index (κ3) is 4.75. The Labute approximate surface area is 212 Å². The van der Waals surface area contributed by atoms with E-state index in [0.717, 1.165) is 39.2 Å².